The molecule has 0 heterocycles. The lowest BCUT2D eigenvalue weighted by molar-refractivity contribution is -0.139. The van der Waals surface area contributed by atoms with Gasteiger partial charge in [-0.1, -0.05) is 26.0 Å². The number of aliphatic hydroxyl groups excluding tert-OH is 1. The van der Waals surface area contributed by atoms with Crippen molar-refractivity contribution in [2.45, 2.75) is 20.8 Å². The number of hydrogen-bond donors (Lipinski definition) is 2. The second-order valence-corrected chi connectivity index (χ2v) is 3.91. The number of aliphatic carboxylic acids is 1. The molecule has 3 heteroatoms. The monoisotopic (exact) mass is 182 g/mol. The summed E-state index contributed by atoms with van der Waals surface area (Å²) in [6.45, 7) is 5.63. The van der Waals surface area contributed by atoms with Crippen LogP contribution in [-0.2, 0) is 4.79 Å². The van der Waals surface area contributed by atoms with Crippen molar-refractivity contribution in [2.24, 2.45) is 11.3 Å². The van der Waals surface area contributed by atoms with Crippen LogP contribution in [0.4, 0.5) is 0 Å². The Morgan fingerprint density at radius 3 is 2.54 bits per heavy atom. The van der Waals surface area contributed by atoms with E-state index in [0.29, 0.717) is 0 Å². The third-order valence-electron chi connectivity index (χ3n) is 2.62. The molecule has 72 valence electrons. The molecule has 0 aromatic carbocycles. The van der Waals surface area contributed by atoms with Crippen LogP contribution in [0.5, 0.6) is 0 Å². The van der Waals surface area contributed by atoms with Gasteiger partial charge in [0.15, 0.2) is 0 Å². The highest BCUT2D eigenvalue weighted by atomic mass is 16.4. The summed E-state index contributed by atoms with van der Waals surface area (Å²) in [5.74, 6) is -1.91. The first kappa shape index (κ1) is 9.84. The Morgan fingerprint density at radius 1 is 1.54 bits per heavy atom. The summed E-state index contributed by atoms with van der Waals surface area (Å²) in [6, 6.07) is 0. The lowest BCUT2D eigenvalue weighted by Gasteiger charge is -2.28. The standard InChI is InChI=1S/C10H14O3/c1-6-8(11)7(9(12)13)4-5-10(6,2)3/h4-5,7,11H,1-3H3,(H,12,13). The Hall–Kier alpha value is -1.25. The molecule has 1 atom stereocenters. The molecule has 0 aromatic rings. The van der Waals surface area contributed by atoms with Crippen LogP contribution in [0.3, 0.4) is 0 Å². The van der Waals surface area contributed by atoms with Crippen molar-refractivity contribution in [3.05, 3.63) is 23.5 Å². The van der Waals surface area contributed by atoms with Gasteiger partial charge in [0.2, 0.25) is 0 Å². The van der Waals surface area contributed by atoms with Crippen LogP contribution in [0.25, 0.3) is 0 Å². The molecule has 1 aliphatic rings. The first-order valence-corrected chi connectivity index (χ1v) is 4.18. The predicted molar refractivity (Wildman–Crippen MR) is 49.4 cm³/mol. The van der Waals surface area contributed by atoms with Crippen molar-refractivity contribution < 1.29 is 15.0 Å². The van der Waals surface area contributed by atoms with E-state index in [1.54, 1.807) is 6.92 Å². The van der Waals surface area contributed by atoms with Crippen LogP contribution >= 0.6 is 0 Å². The smallest absolute Gasteiger partial charge is 0.318 e. The first-order chi connectivity index (χ1) is 5.86. The van der Waals surface area contributed by atoms with Crippen LogP contribution in [0, 0.1) is 11.3 Å². The molecule has 1 unspecified atom stereocenters. The minimum Gasteiger partial charge on any atom is -0.511 e. The molecule has 0 spiro atoms. The molecule has 0 radical (unpaired) electrons. The van der Waals surface area contributed by atoms with Crippen molar-refractivity contribution in [1.82, 2.24) is 0 Å². The summed E-state index contributed by atoms with van der Waals surface area (Å²) < 4.78 is 0. The van der Waals surface area contributed by atoms with Gasteiger partial charge in [-0.25, -0.2) is 0 Å². The number of hydrogen-bond acceptors (Lipinski definition) is 2. The second-order valence-electron chi connectivity index (χ2n) is 3.91. The van der Waals surface area contributed by atoms with E-state index in [1.165, 1.54) is 6.08 Å². The van der Waals surface area contributed by atoms with Gasteiger partial charge in [0, 0.05) is 5.41 Å². The fourth-order valence-electron chi connectivity index (χ4n) is 1.32. The van der Waals surface area contributed by atoms with Gasteiger partial charge in [0.1, 0.15) is 11.7 Å². The number of carboxylic acids is 1. The topological polar surface area (TPSA) is 57.5 Å². The van der Waals surface area contributed by atoms with Gasteiger partial charge < -0.3 is 10.2 Å². The largest absolute Gasteiger partial charge is 0.511 e. The molecule has 0 fully saturated rings. The van der Waals surface area contributed by atoms with Gasteiger partial charge in [0.05, 0.1) is 0 Å². The van der Waals surface area contributed by atoms with Gasteiger partial charge in [-0.2, -0.15) is 0 Å². The normalized spacial score (nSPS) is 26.2. The van der Waals surface area contributed by atoms with E-state index in [-0.39, 0.29) is 11.2 Å². The minimum atomic E-state index is -1.01. The third-order valence-corrected chi connectivity index (χ3v) is 2.62. The van der Waals surface area contributed by atoms with Gasteiger partial charge in [-0.3, -0.25) is 4.79 Å². The van der Waals surface area contributed by atoms with Crippen molar-refractivity contribution in [3.63, 3.8) is 0 Å². The summed E-state index contributed by atoms with van der Waals surface area (Å²) >= 11 is 0. The Morgan fingerprint density at radius 2 is 2.08 bits per heavy atom. The molecule has 0 bridgehead atoms. The second kappa shape index (κ2) is 2.91. The minimum absolute atomic E-state index is 0.0278. The molecular formula is C10H14O3. The molecule has 0 aliphatic heterocycles. The van der Waals surface area contributed by atoms with E-state index >= 15 is 0 Å². The maximum absolute atomic E-state index is 10.7. The first-order valence-electron chi connectivity index (χ1n) is 4.18. The van der Waals surface area contributed by atoms with Crippen molar-refractivity contribution in [2.75, 3.05) is 0 Å². The van der Waals surface area contributed by atoms with Gasteiger partial charge in [-0.15, -0.1) is 0 Å². The zero-order chi connectivity index (χ0) is 10.2. The molecule has 0 saturated carbocycles. The van der Waals surface area contributed by atoms with E-state index in [9.17, 15) is 9.90 Å². The van der Waals surface area contributed by atoms with E-state index < -0.39 is 11.9 Å². The van der Waals surface area contributed by atoms with Gasteiger partial charge in [-0.05, 0) is 12.5 Å². The Labute approximate surface area is 77.4 Å². The van der Waals surface area contributed by atoms with E-state index in [2.05, 4.69) is 0 Å². The Balaban J connectivity index is 3.09. The summed E-state index contributed by atoms with van der Waals surface area (Å²) in [7, 11) is 0. The molecule has 3 nitrogen and oxygen atoms in total. The zero-order valence-corrected chi connectivity index (χ0v) is 8.03. The highest BCUT2D eigenvalue weighted by Gasteiger charge is 2.31. The summed E-state index contributed by atoms with van der Waals surface area (Å²) in [5.41, 5.74) is 0.484. The number of rotatable bonds is 1. The molecule has 0 saturated heterocycles. The number of carboxylic acid groups (broad SMARTS) is 1. The summed E-state index contributed by atoms with van der Waals surface area (Å²) in [4.78, 5) is 10.7. The average molecular weight is 182 g/mol. The number of aliphatic hydroxyl groups is 1. The van der Waals surface area contributed by atoms with Crippen LogP contribution in [0.2, 0.25) is 0 Å². The Bertz CT molecular complexity index is 297. The summed E-state index contributed by atoms with van der Waals surface area (Å²) in [6.07, 6.45) is 3.35. The van der Waals surface area contributed by atoms with E-state index in [4.69, 9.17) is 5.11 Å². The maximum atomic E-state index is 10.7. The van der Waals surface area contributed by atoms with Crippen molar-refractivity contribution in [3.8, 4) is 0 Å². The quantitative estimate of drug-likeness (QED) is 0.610. The fraction of sp³-hybridized carbons (Fsp3) is 0.500. The number of allylic oxidation sites excluding steroid dienone is 2. The lowest BCUT2D eigenvalue weighted by atomic mass is 9.77. The van der Waals surface area contributed by atoms with Crippen LogP contribution < -0.4 is 0 Å². The highest BCUT2D eigenvalue weighted by Crippen LogP contribution is 2.36. The molecule has 13 heavy (non-hydrogen) atoms. The zero-order valence-electron chi connectivity index (χ0n) is 8.03. The SMILES string of the molecule is CC1=C(O)C(C(=O)O)C=CC1(C)C. The Kier molecular flexibility index (Phi) is 2.20. The molecule has 0 aromatic heterocycles. The van der Waals surface area contributed by atoms with Crippen molar-refractivity contribution in [1.29, 1.82) is 0 Å². The molecule has 1 aliphatic carbocycles. The lowest BCUT2D eigenvalue weighted by Crippen LogP contribution is -2.24. The predicted octanol–water partition coefficient (Wildman–Crippen LogP) is 2.12. The number of carbonyl (C=O) groups is 1. The van der Waals surface area contributed by atoms with Crippen LogP contribution in [0.1, 0.15) is 20.8 Å². The van der Waals surface area contributed by atoms with E-state index in [1.807, 2.05) is 19.9 Å². The molecular weight excluding hydrogens is 168 g/mol. The third kappa shape index (κ3) is 1.59. The highest BCUT2D eigenvalue weighted by molar-refractivity contribution is 5.76. The molecule has 2 N–H and O–H groups in total. The van der Waals surface area contributed by atoms with Crippen molar-refractivity contribution >= 4 is 5.97 Å². The van der Waals surface area contributed by atoms with Gasteiger partial charge in [0.25, 0.3) is 0 Å². The molecule has 1 rings (SSSR count). The van der Waals surface area contributed by atoms with Crippen LogP contribution in [0.15, 0.2) is 23.5 Å². The maximum Gasteiger partial charge on any atom is 0.318 e. The van der Waals surface area contributed by atoms with E-state index in [0.717, 1.165) is 5.57 Å². The van der Waals surface area contributed by atoms with Gasteiger partial charge >= 0.3 is 5.97 Å². The molecule has 0 amide bonds. The summed E-state index contributed by atoms with van der Waals surface area (Å²) in [5, 5.41) is 18.3. The fourth-order valence-corrected chi connectivity index (χ4v) is 1.32. The average Bonchev–Trinajstić information content (AvgIpc) is 2.00. The van der Waals surface area contributed by atoms with Crippen LogP contribution in [-0.4, -0.2) is 16.2 Å².